The van der Waals surface area contributed by atoms with E-state index in [1.807, 2.05) is 13.0 Å². The van der Waals surface area contributed by atoms with Crippen molar-refractivity contribution in [1.29, 1.82) is 0 Å². The van der Waals surface area contributed by atoms with Crippen molar-refractivity contribution in [2.24, 2.45) is 0 Å². The summed E-state index contributed by atoms with van der Waals surface area (Å²) >= 11 is 23.4. The van der Waals surface area contributed by atoms with Crippen LogP contribution in [-0.2, 0) is 0 Å². The number of hydrogen-bond acceptors (Lipinski definition) is 4. The van der Waals surface area contributed by atoms with Crippen molar-refractivity contribution < 1.29 is 0 Å². The molecule has 1 unspecified atom stereocenters. The third-order valence-corrected chi connectivity index (χ3v) is 3.26. The number of anilines is 1. The molecule has 1 heterocycles. The van der Waals surface area contributed by atoms with Crippen LogP contribution < -0.4 is 5.32 Å². The molecule has 0 amide bonds. The zero-order chi connectivity index (χ0) is 14.0. The first-order valence-corrected chi connectivity index (χ1v) is 6.75. The van der Waals surface area contributed by atoms with Crippen LogP contribution in [0.25, 0.3) is 0 Å². The summed E-state index contributed by atoms with van der Waals surface area (Å²) in [6.07, 6.45) is 0. The van der Waals surface area contributed by atoms with Gasteiger partial charge in [0.15, 0.2) is 0 Å². The van der Waals surface area contributed by atoms with Gasteiger partial charge in [-0.1, -0.05) is 29.3 Å². The topological polar surface area (TPSA) is 50.7 Å². The minimum absolute atomic E-state index is 0.0249. The fourth-order valence-corrected chi connectivity index (χ4v) is 2.45. The second-order valence-corrected chi connectivity index (χ2v) is 5.25. The maximum absolute atomic E-state index is 6.12. The monoisotopic (exact) mass is 336 g/mol. The molecule has 1 N–H and O–H groups in total. The first kappa shape index (κ1) is 14.6. The van der Waals surface area contributed by atoms with Crippen molar-refractivity contribution in [2.45, 2.75) is 13.0 Å². The van der Waals surface area contributed by atoms with Crippen molar-refractivity contribution in [3.8, 4) is 0 Å². The highest BCUT2D eigenvalue weighted by atomic mass is 35.5. The van der Waals surface area contributed by atoms with Gasteiger partial charge in [-0.05, 0) is 47.8 Å². The molecule has 0 bridgehead atoms. The van der Waals surface area contributed by atoms with Crippen LogP contribution in [0, 0.1) is 0 Å². The number of nitrogens with one attached hydrogen (secondary N) is 1. The molecule has 19 heavy (non-hydrogen) atoms. The molecule has 0 fully saturated rings. The van der Waals surface area contributed by atoms with E-state index in [9.17, 15) is 0 Å². The lowest BCUT2D eigenvalue weighted by molar-refractivity contribution is 0.854. The van der Waals surface area contributed by atoms with Gasteiger partial charge < -0.3 is 5.32 Å². The van der Waals surface area contributed by atoms with Crippen LogP contribution in [0.3, 0.4) is 0 Å². The van der Waals surface area contributed by atoms with Crippen LogP contribution in [0.2, 0.25) is 20.6 Å². The largest absolute Gasteiger partial charge is 0.347 e. The molecule has 1 aromatic carbocycles. The van der Waals surface area contributed by atoms with E-state index in [0.29, 0.717) is 10.0 Å². The smallest absolute Gasteiger partial charge is 0.228 e. The van der Waals surface area contributed by atoms with E-state index in [-0.39, 0.29) is 22.6 Å². The number of hydrogen-bond donors (Lipinski definition) is 1. The third kappa shape index (κ3) is 3.83. The van der Waals surface area contributed by atoms with Gasteiger partial charge in [0.25, 0.3) is 0 Å². The first-order valence-electron chi connectivity index (χ1n) is 5.24. The van der Waals surface area contributed by atoms with E-state index in [1.54, 1.807) is 12.1 Å². The normalized spacial score (nSPS) is 12.3. The molecule has 8 heteroatoms. The van der Waals surface area contributed by atoms with Gasteiger partial charge in [0.05, 0.1) is 6.04 Å². The van der Waals surface area contributed by atoms with E-state index < -0.39 is 0 Å². The summed E-state index contributed by atoms with van der Waals surface area (Å²) in [6, 6.07) is 5.12. The maximum Gasteiger partial charge on any atom is 0.228 e. The fourth-order valence-electron chi connectivity index (χ4n) is 1.51. The summed E-state index contributed by atoms with van der Waals surface area (Å²) in [7, 11) is 0. The van der Waals surface area contributed by atoms with Crippen molar-refractivity contribution >= 4 is 52.4 Å². The molecule has 0 saturated heterocycles. The quantitative estimate of drug-likeness (QED) is 0.885. The number of rotatable bonds is 3. The summed E-state index contributed by atoms with van der Waals surface area (Å²) in [5, 5.41) is 4.22. The second kappa shape index (κ2) is 6.09. The van der Waals surface area contributed by atoms with Gasteiger partial charge in [-0.2, -0.15) is 15.0 Å². The van der Waals surface area contributed by atoms with E-state index in [4.69, 9.17) is 46.4 Å². The minimum Gasteiger partial charge on any atom is -0.347 e. The van der Waals surface area contributed by atoms with Crippen LogP contribution >= 0.6 is 46.4 Å². The molecule has 4 nitrogen and oxygen atoms in total. The molecule has 0 aliphatic heterocycles. The van der Waals surface area contributed by atoms with Gasteiger partial charge in [-0.3, -0.25) is 0 Å². The molecule has 0 saturated carbocycles. The molecule has 0 aliphatic carbocycles. The Balaban J connectivity index is 2.22. The summed E-state index contributed by atoms with van der Waals surface area (Å²) in [6.45, 7) is 1.90. The average molecular weight is 338 g/mol. The van der Waals surface area contributed by atoms with Gasteiger partial charge in [0.1, 0.15) is 0 Å². The van der Waals surface area contributed by atoms with Crippen LogP contribution in [0.15, 0.2) is 18.2 Å². The number of benzene rings is 1. The zero-order valence-corrected chi connectivity index (χ0v) is 12.7. The Bertz CT molecular complexity index is 585. The zero-order valence-electron chi connectivity index (χ0n) is 9.66. The van der Waals surface area contributed by atoms with Crippen molar-refractivity contribution in [1.82, 2.24) is 15.0 Å². The van der Waals surface area contributed by atoms with Gasteiger partial charge in [0.2, 0.25) is 16.5 Å². The summed E-state index contributed by atoms with van der Waals surface area (Å²) < 4.78 is 0. The third-order valence-electron chi connectivity index (χ3n) is 2.36. The Morgan fingerprint density at radius 1 is 1.00 bits per heavy atom. The van der Waals surface area contributed by atoms with Crippen LogP contribution in [-0.4, -0.2) is 15.0 Å². The highest BCUT2D eigenvalue weighted by Crippen LogP contribution is 2.28. The summed E-state index contributed by atoms with van der Waals surface area (Å²) in [4.78, 5) is 11.5. The Kier molecular flexibility index (Phi) is 4.68. The molecule has 0 spiro atoms. The fraction of sp³-hybridized carbons (Fsp3) is 0.182. The molecule has 2 aromatic rings. The summed E-state index contributed by atoms with van der Waals surface area (Å²) in [5.74, 6) is 0.281. The predicted octanol–water partition coefficient (Wildman–Crippen LogP) is 4.66. The highest BCUT2D eigenvalue weighted by Gasteiger charge is 2.12. The van der Waals surface area contributed by atoms with Gasteiger partial charge in [-0.25, -0.2) is 0 Å². The van der Waals surface area contributed by atoms with Gasteiger partial charge in [0, 0.05) is 10.0 Å². The average Bonchev–Trinajstić information content (AvgIpc) is 2.26. The molecule has 1 atom stereocenters. The molecule has 0 radical (unpaired) electrons. The van der Waals surface area contributed by atoms with E-state index >= 15 is 0 Å². The SMILES string of the molecule is CC(Nc1nc(Cl)nc(Cl)n1)c1ccc(Cl)cc1Cl. The molecule has 100 valence electrons. The van der Waals surface area contributed by atoms with Gasteiger partial charge in [-0.15, -0.1) is 0 Å². The standard InChI is InChI=1S/C11H8Cl4N4/c1-5(7-3-2-6(12)4-8(7)13)16-11-18-9(14)17-10(15)19-11/h2-5H,1H3,(H,16,17,18,19). The second-order valence-electron chi connectivity index (χ2n) is 3.73. The molecule has 2 rings (SSSR count). The van der Waals surface area contributed by atoms with Crippen LogP contribution in [0.1, 0.15) is 18.5 Å². The molecule has 1 aromatic heterocycles. The number of halogens is 4. The lowest BCUT2D eigenvalue weighted by atomic mass is 10.1. The van der Waals surface area contributed by atoms with Gasteiger partial charge >= 0.3 is 0 Å². The minimum atomic E-state index is -0.140. The lowest BCUT2D eigenvalue weighted by Gasteiger charge is -2.15. The van der Waals surface area contributed by atoms with E-state index in [0.717, 1.165) is 5.56 Å². The Morgan fingerprint density at radius 3 is 2.21 bits per heavy atom. The maximum atomic E-state index is 6.12. The number of aromatic nitrogens is 3. The van der Waals surface area contributed by atoms with Crippen molar-refractivity contribution in [3.05, 3.63) is 44.4 Å². The molecular formula is C11H8Cl4N4. The Labute approximate surface area is 130 Å². The van der Waals surface area contributed by atoms with Crippen LogP contribution in [0.5, 0.6) is 0 Å². The first-order chi connectivity index (χ1) is 8.95. The Morgan fingerprint density at radius 2 is 1.63 bits per heavy atom. The predicted molar refractivity (Wildman–Crippen MR) is 78.3 cm³/mol. The summed E-state index contributed by atoms with van der Waals surface area (Å²) in [5.41, 5.74) is 0.860. The lowest BCUT2D eigenvalue weighted by Crippen LogP contribution is -2.10. The Hall–Kier alpha value is -0.810. The highest BCUT2D eigenvalue weighted by molar-refractivity contribution is 6.35. The molecular weight excluding hydrogens is 330 g/mol. The van der Waals surface area contributed by atoms with Crippen LogP contribution in [0.4, 0.5) is 5.95 Å². The van der Waals surface area contributed by atoms with E-state index in [1.165, 1.54) is 0 Å². The molecule has 0 aliphatic rings. The number of nitrogens with zero attached hydrogens (tertiary/aromatic N) is 3. The van der Waals surface area contributed by atoms with Crippen molar-refractivity contribution in [2.75, 3.05) is 5.32 Å². The van der Waals surface area contributed by atoms with Crippen molar-refractivity contribution in [3.63, 3.8) is 0 Å². The van der Waals surface area contributed by atoms with E-state index in [2.05, 4.69) is 20.3 Å².